The number of para-hydroxylation sites is 1. The number of nitrogens with one attached hydrogen (secondary N) is 1. The van der Waals surface area contributed by atoms with E-state index in [0.717, 1.165) is 11.3 Å². The molecular weight excluding hydrogens is 331 g/mol. The summed E-state index contributed by atoms with van der Waals surface area (Å²) in [5, 5.41) is 2.63. The van der Waals surface area contributed by atoms with Crippen LogP contribution in [0.25, 0.3) is 0 Å². The van der Waals surface area contributed by atoms with E-state index < -0.39 is 11.7 Å². The van der Waals surface area contributed by atoms with Gasteiger partial charge in [0.05, 0.1) is 10.9 Å². The second-order valence-corrected chi connectivity index (χ2v) is 6.22. The largest absolute Gasteiger partial charge is 0.326 e. The Bertz CT molecular complexity index is 809. The van der Waals surface area contributed by atoms with Gasteiger partial charge in [0.15, 0.2) is 0 Å². The molecule has 0 radical (unpaired) electrons. The van der Waals surface area contributed by atoms with Crippen LogP contribution in [0.1, 0.15) is 12.0 Å². The van der Waals surface area contributed by atoms with Crippen molar-refractivity contribution in [2.24, 2.45) is 5.92 Å². The topological polar surface area (TPSA) is 49.4 Å². The maximum Gasteiger partial charge on any atom is 0.229 e. The van der Waals surface area contributed by atoms with E-state index in [4.69, 9.17) is 11.6 Å². The van der Waals surface area contributed by atoms with Crippen LogP contribution >= 0.6 is 11.6 Å². The van der Waals surface area contributed by atoms with Gasteiger partial charge in [-0.2, -0.15) is 0 Å². The third kappa shape index (κ3) is 3.26. The van der Waals surface area contributed by atoms with Crippen LogP contribution < -0.4 is 10.2 Å². The first kappa shape index (κ1) is 16.5. The Kier molecular flexibility index (Phi) is 4.53. The minimum absolute atomic E-state index is 0.0585. The van der Waals surface area contributed by atoms with Crippen LogP contribution in [-0.4, -0.2) is 18.4 Å². The number of nitrogens with zero attached hydrogens (tertiary/aromatic N) is 1. The Morgan fingerprint density at radius 3 is 2.75 bits per heavy atom. The van der Waals surface area contributed by atoms with E-state index >= 15 is 0 Å². The lowest BCUT2D eigenvalue weighted by atomic mass is 10.1. The highest BCUT2D eigenvalue weighted by atomic mass is 35.5. The van der Waals surface area contributed by atoms with Crippen molar-refractivity contribution in [3.8, 4) is 0 Å². The van der Waals surface area contributed by atoms with Gasteiger partial charge in [-0.3, -0.25) is 9.59 Å². The van der Waals surface area contributed by atoms with Crippen molar-refractivity contribution in [1.29, 1.82) is 0 Å². The van der Waals surface area contributed by atoms with E-state index in [1.54, 1.807) is 4.90 Å². The summed E-state index contributed by atoms with van der Waals surface area (Å²) in [6, 6.07) is 11.5. The number of halogens is 2. The third-order valence-corrected chi connectivity index (χ3v) is 4.38. The summed E-state index contributed by atoms with van der Waals surface area (Å²) in [6.45, 7) is 2.25. The third-order valence-electron chi connectivity index (χ3n) is 4.09. The molecule has 24 heavy (non-hydrogen) atoms. The molecule has 1 fully saturated rings. The molecule has 6 heteroatoms. The minimum atomic E-state index is -0.545. The number of aryl methyl sites for hydroxylation is 1. The molecule has 0 unspecified atom stereocenters. The molecule has 124 valence electrons. The number of hydrogen-bond acceptors (Lipinski definition) is 2. The van der Waals surface area contributed by atoms with E-state index in [0.29, 0.717) is 12.2 Å². The lowest BCUT2D eigenvalue weighted by Crippen LogP contribution is -2.28. The van der Waals surface area contributed by atoms with Crippen LogP contribution in [0.5, 0.6) is 0 Å². The van der Waals surface area contributed by atoms with E-state index in [-0.39, 0.29) is 23.3 Å². The molecule has 2 amide bonds. The van der Waals surface area contributed by atoms with Gasteiger partial charge in [-0.25, -0.2) is 4.39 Å². The van der Waals surface area contributed by atoms with Crippen molar-refractivity contribution in [3.63, 3.8) is 0 Å². The maximum absolute atomic E-state index is 13.2. The molecule has 1 aliphatic heterocycles. The van der Waals surface area contributed by atoms with E-state index in [1.807, 2.05) is 31.2 Å². The van der Waals surface area contributed by atoms with Gasteiger partial charge in [0.1, 0.15) is 5.82 Å². The number of carbonyl (C=O) groups excluding carboxylic acids is 2. The van der Waals surface area contributed by atoms with Gasteiger partial charge in [0.2, 0.25) is 11.8 Å². The van der Waals surface area contributed by atoms with Crippen molar-refractivity contribution in [1.82, 2.24) is 0 Å². The van der Waals surface area contributed by atoms with Crippen LogP contribution in [0.15, 0.2) is 42.5 Å². The van der Waals surface area contributed by atoms with E-state index in [2.05, 4.69) is 5.32 Å². The van der Waals surface area contributed by atoms with Gasteiger partial charge in [-0.1, -0.05) is 29.8 Å². The highest BCUT2D eigenvalue weighted by Crippen LogP contribution is 2.28. The van der Waals surface area contributed by atoms with Crippen molar-refractivity contribution in [3.05, 3.63) is 58.9 Å². The Morgan fingerprint density at radius 2 is 2.04 bits per heavy atom. The van der Waals surface area contributed by atoms with Gasteiger partial charge < -0.3 is 10.2 Å². The highest BCUT2D eigenvalue weighted by Gasteiger charge is 2.35. The summed E-state index contributed by atoms with van der Waals surface area (Å²) in [4.78, 5) is 26.3. The normalized spacial score (nSPS) is 17.2. The van der Waals surface area contributed by atoms with Crippen LogP contribution in [0.2, 0.25) is 5.02 Å². The van der Waals surface area contributed by atoms with E-state index in [1.165, 1.54) is 18.2 Å². The van der Waals surface area contributed by atoms with Gasteiger partial charge in [-0.15, -0.1) is 0 Å². The number of hydrogen-bond donors (Lipinski definition) is 1. The molecule has 2 aromatic carbocycles. The molecule has 1 atom stereocenters. The highest BCUT2D eigenvalue weighted by molar-refractivity contribution is 6.31. The van der Waals surface area contributed by atoms with Crippen molar-refractivity contribution >= 4 is 34.8 Å². The molecule has 1 N–H and O–H groups in total. The average molecular weight is 347 g/mol. The Morgan fingerprint density at radius 1 is 1.29 bits per heavy atom. The van der Waals surface area contributed by atoms with Gasteiger partial charge in [0, 0.05) is 24.3 Å². The minimum Gasteiger partial charge on any atom is -0.326 e. The average Bonchev–Trinajstić information content (AvgIpc) is 2.93. The van der Waals surface area contributed by atoms with Gasteiger partial charge >= 0.3 is 0 Å². The molecule has 3 rings (SSSR count). The van der Waals surface area contributed by atoms with Gasteiger partial charge in [-0.05, 0) is 36.8 Å². The maximum atomic E-state index is 13.2. The molecule has 0 aliphatic carbocycles. The molecule has 1 saturated heterocycles. The zero-order valence-electron chi connectivity index (χ0n) is 13.1. The summed E-state index contributed by atoms with van der Waals surface area (Å²) < 4.78 is 13.2. The van der Waals surface area contributed by atoms with Crippen LogP contribution in [0.4, 0.5) is 15.8 Å². The SMILES string of the molecule is Cc1ccccc1N1C[C@@H](C(=O)Nc2ccc(F)c(Cl)c2)CC1=O. The monoisotopic (exact) mass is 346 g/mol. The molecule has 0 bridgehead atoms. The van der Waals surface area contributed by atoms with Crippen LogP contribution in [-0.2, 0) is 9.59 Å². The second kappa shape index (κ2) is 6.61. The smallest absolute Gasteiger partial charge is 0.229 e. The van der Waals surface area contributed by atoms with Crippen LogP contribution in [0.3, 0.4) is 0 Å². The molecule has 0 spiro atoms. The van der Waals surface area contributed by atoms with Crippen LogP contribution in [0, 0.1) is 18.7 Å². The number of rotatable bonds is 3. The van der Waals surface area contributed by atoms with Crippen molar-refractivity contribution in [2.75, 3.05) is 16.8 Å². The summed E-state index contributed by atoms with van der Waals surface area (Å²) in [5.41, 5.74) is 2.22. The fraction of sp³-hybridized carbons (Fsp3) is 0.222. The Labute approximate surface area is 144 Å². The zero-order chi connectivity index (χ0) is 17.3. The summed E-state index contributed by atoms with van der Waals surface area (Å²) in [6.07, 6.45) is 0.148. The molecular formula is C18H16ClFN2O2. The molecule has 4 nitrogen and oxygen atoms in total. The first-order valence-corrected chi connectivity index (χ1v) is 7.95. The Hall–Kier alpha value is -2.40. The zero-order valence-corrected chi connectivity index (χ0v) is 13.8. The second-order valence-electron chi connectivity index (χ2n) is 5.81. The summed E-state index contributed by atoms with van der Waals surface area (Å²) in [7, 11) is 0. The molecule has 0 saturated carbocycles. The standard InChI is InChI=1S/C18H16ClFN2O2/c1-11-4-2-3-5-16(11)22-10-12(8-17(22)23)18(24)21-13-6-7-15(20)14(19)9-13/h2-7,9,12H,8,10H2,1H3,(H,21,24)/t12-/m0/s1. The lowest BCUT2D eigenvalue weighted by molar-refractivity contribution is -0.122. The summed E-state index contributed by atoms with van der Waals surface area (Å²) >= 11 is 5.71. The molecule has 1 aliphatic rings. The molecule has 1 heterocycles. The predicted molar refractivity (Wildman–Crippen MR) is 91.7 cm³/mol. The van der Waals surface area contributed by atoms with E-state index in [9.17, 15) is 14.0 Å². The first-order valence-electron chi connectivity index (χ1n) is 7.57. The fourth-order valence-electron chi connectivity index (χ4n) is 2.80. The molecule has 0 aromatic heterocycles. The predicted octanol–water partition coefficient (Wildman–Crippen LogP) is 3.78. The molecule has 2 aromatic rings. The first-order chi connectivity index (χ1) is 11.5. The number of carbonyl (C=O) groups is 2. The van der Waals surface area contributed by atoms with Crippen molar-refractivity contribution in [2.45, 2.75) is 13.3 Å². The lowest BCUT2D eigenvalue weighted by Gasteiger charge is -2.19. The fourth-order valence-corrected chi connectivity index (χ4v) is 2.98. The number of anilines is 2. The number of amides is 2. The summed E-state index contributed by atoms with van der Waals surface area (Å²) in [5.74, 6) is -1.36. The number of benzene rings is 2. The van der Waals surface area contributed by atoms with Gasteiger partial charge in [0.25, 0.3) is 0 Å². The Balaban J connectivity index is 1.72. The van der Waals surface area contributed by atoms with Crippen molar-refractivity contribution < 1.29 is 14.0 Å². The quantitative estimate of drug-likeness (QED) is 0.919.